The van der Waals surface area contributed by atoms with Gasteiger partial charge in [-0.1, -0.05) is 68.8 Å². The first-order valence-corrected chi connectivity index (χ1v) is 9.20. The van der Waals surface area contributed by atoms with E-state index in [2.05, 4.69) is 38.1 Å². The summed E-state index contributed by atoms with van der Waals surface area (Å²) in [5.41, 5.74) is 5.36. The van der Waals surface area contributed by atoms with Gasteiger partial charge in [0.25, 0.3) is 0 Å². The van der Waals surface area contributed by atoms with E-state index in [1.54, 1.807) is 0 Å². The molecule has 0 unspecified atom stereocenters. The molecule has 0 aliphatic heterocycles. The van der Waals surface area contributed by atoms with E-state index in [0.29, 0.717) is 11.3 Å². The van der Waals surface area contributed by atoms with Crippen LogP contribution in [-0.2, 0) is 12.8 Å². The number of esters is 1. The highest BCUT2D eigenvalue weighted by molar-refractivity contribution is 5.91. The maximum Gasteiger partial charge on any atom is 0.343 e. The maximum atomic E-state index is 12.3. The van der Waals surface area contributed by atoms with Gasteiger partial charge < -0.3 is 4.74 Å². The second-order valence-corrected chi connectivity index (χ2v) is 6.41. The van der Waals surface area contributed by atoms with Crippen molar-refractivity contribution in [2.45, 2.75) is 33.1 Å². The van der Waals surface area contributed by atoms with Crippen LogP contribution in [0.15, 0.2) is 72.8 Å². The molecule has 0 atom stereocenters. The Balaban J connectivity index is 1.68. The van der Waals surface area contributed by atoms with E-state index in [-0.39, 0.29) is 5.97 Å². The Hall–Kier alpha value is -2.87. The van der Waals surface area contributed by atoms with Gasteiger partial charge in [0.15, 0.2) is 0 Å². The lowest BCUT2D eigenvalue weighted by Crippen LogP contribution is -2.08. The van der Waals surface area contributed by atoms with Crippen molar-refractivity contribution in [3.05, 3.63) is 89.5 Å². The molecule has 3 rings (SSSR count). The standard InChI is InChI=1S/C24H24O2/c1-3-5-19-8-16-23(17-9-19)26-24(25)22-14-12-21(13-15-22)20-10-6-18(4-2)7-11-20/h6-17H,3-5H2,1-2H3. The van der Waals surface area contributed by atoms with Gasteiger partial charge in [-0.2, -0.15) is 0 Å². The van der Waals surface area contributed by atoms with Crippen molar-refractivity contribution in [3.63, 3.8) is 0 Å². The third-order valence-corrected chi connectivity index (χ3v) is 4.49. The molecule has 0 bridgehead atoms. The molecule has 0 saturated carbocycles. The summed E-state index contributed by atoms with van der Waals surface area (Å²) in [6.45, 7) is 4.29. The summed E-state index contributed by atoms with van der Waals surface area (Å²) in [5, 5.41) is 0. The average molecular weight is 344 g/mol. The molecule has 0 spiro atoms. The maximum absolute atomic E-state index is 12.3. The first kappa shape index (κ1) is 17.9. The molecule has 0 amide bonds. The second kappa shape index (κ2) is 8.48. The van der Waals surface area contributed by atoms with E-state index < -0.39 is 0 Å². The predicted octanol–water partition coefficient (Wildman–Crippen LogP) is 6.09. The van der Waals surface area contributed by atoms with Crippen LogP contribution in [0.3, 0.4) is 0 Å². The smallest absolute Gasteiger partial charge is 0.343 e. The second-order valence-electron chi connectivity index (χ2n) is 6.41. The number of carbonyl (C=O) groups is 1. The van der Waals surface area contributed by atoms with Crippen LogP contribution in [-0.4, -0.2) is 5.97 Å². The molecule has 0 aliphatic carbocycles. The van der Waals surface area contributed by atoms with E-state index in [0.717, 1.165) is 30.4 Å². The molecule has 0 N–H and O–H groups in total. The molecule has 3 aromatic rings. The molecule has 26 heavy (non-hydrogen) atoms. The highest BCUT2D eigenvalue weighted by Gasteiger charge is 2.09. The van der Waals surface area contributed by atoms with Crippen molar-refractivity contribution < 1.29 is 9.53 Å². The van der Waals surface area contributed by atoms with Crippen molar-refractivity contribution in [3.8, 4) is 16.9 Å². The largest absolute Gasteiger partial charge is 0.423 e. The van der Waals surface area contributed by atoms with Gasteiger partial charge in [0, 0.05) is 0 Å². The Labute approximate surface area is 155 Å². The minimum Gasteiger partial charge on any atom is -0.423 e. The van der Waals surface area contributed by atoms with Gasteiger partial charge in [-0.3, -0.25) is 0 Å². The number of ether oxygens (including phenoxy) is 1. The molecular weight excluding hydrogens is 320 g/mol. The fraction of sp³-hybridized carbons (Fsp3) is 0.208. The molecule has 3 aromatic carbocycles. The van der Waals surface area contributed by atoms with E-state index in [1.807, 2.05) is 48.5 Å². The molecule has 2 nitrogen and oxygen atoms in total. The summed E-state index contributed by atoms with van der Waals surface area (Å²) < 4.78 is 5.47. The first-order valence-electron chi connectivity index (χ1n) is 9.20. The zero-order valence-corrected chi connectivity index (χ0v) is 15.4. The number of hydrogen-bond donors (Lipinski definition) is 0. The van der Waals surface area contributed by atoms with Crippen LogP contribution in [0.1, 0.15) is 41.8 Å². The Morgan fingerprint density at radius 3 is 1.81 bits per heavy atom. The van der Waals surface area contributed by atoms with Crippen molar-refractivity contribution in [2.24, 2.45) is 0 Å². The van der Waals surface area contributed by atoms with Crippen LogP contribution in [0, 0.1) is 0 Å². The molecule has 132 valence electrons. The number of hydrogen-bond acceptors (Lipinski definition) is 2. The van der Waals surface area contributed by atoms with Gasteiger partial charge in [-0.15, -0.1) is 0 Å². The van der Waals surface area contributed by atoms with E-state index in [9.17, 15) is 4.79 Å². The third-order valence-electron chi connectivity index (χ3n) is 4.49. The molecule has 0 fully saturated rings. The zero-order valence-electron chi connectivity index (χ0n) is 15.4. The monoisotopic (exact) mass is 344 g/mol. The molecule has 0 radical (unpaired) electrons. The Morgan fingerprint density at radius 1 is 0.731 bits per heavy atom. The quantitative estimate of drug-likeness (QED) is 0.400. The number of rotatable bonds is 6. The molecule has 2 heteroatoms. The molecular formula is C24H24O2. The highest BCUT2D eigenvalue weighted by Crippen LogP contribution is 2.21. The summed E-state index contributed by atoms with van der Waals surface area (Å²) in [4.78, 5) is 12.3. The van der Waals surface area contributed by atoms with Crippen LogP contribution >= 0.6 is 0 Å². The van der Waals surface area contributed by atoms with Gasteiger partial charge in [0.2, 0.25) is 0 Å². The summed E-state index contributed by atoms with van der Waals surface area (Å²) in [7, 11) is 0. The lowest BCUT2D eigenvalue weighted by molar-refractivity contribution is 0.0735. The number of benzene rings is 3. The van der Waals surface area contributed by atoms with E-state index in [4.69, 9.17) is 4.74 Å². The molecule has 0 aromatic heterocycles. The van der Waals surface area contributed by atoms with Gasteiger partial charge in [-0.05, 0) is 59.4 Å². The van der Waals surface area contributed by atoms with Crippen molar-refractivity contribution in [2.75, 3.05) is 0 Å². The average Bonchev–Trinajstić information content (AvgIpc) is 2.70. The zero-order chi connectivity index (χ0) is 18.4. The topological polar surface area (TPSA) is 26.3 Å². The number of aryl methyl sites for hydroxylation is 2. The highest BCUT2D eigenvalue weighted by atomic mass is 16.5. The van der Waals surface area contributed by atoms with Crippen LogP contribution < -0.4 is 4.74 Å². The van der Waals surface area contributed by atoms with Crippen molar-refractivity contribution in [1.82, 2.24) is 0 Å². The van der Waals surface area contributed by atoms with Crippen LogP contribution in [0.2, 0.25) is 0 Å². The molecule has 0 aliphatic rings. The third kappa shape index (κ3) is 4.40. The summed E-state index contributed by atoms with van der Waals surface area (Å²) in [5.74, 6) is 0.246. The summed E-state index contributed by atoms with van der Waals surface area (Å²) >= 11 is 0. The minimum atomic E-state index is -0.332. The summed E-state index contributed by atoms with van der Waals surface area (Å²) in [6, 6.07) is 23.8. The molecule has 0 heterocycles. The normalized spacial score (nSPS) is 10.5. The Bertz CT molecular complexity index is 844. The fourth-order valence-corrected chi connectivity index (χ4v) is 2.91. The van der Waals surface area contributed by atoms with Crippen LogP contribution in [0.4, 0.5) is 0 Å². The van der Waals surface area contributed by atoms with E-state index >= 15 is 0 Å². The SMILES string of the molecule is CCCc1ccc(OC(=O)c2ccc(-c3ccc(CC)cc3)cc2)cc1. The number of carbonyl (C=O) groups excluding carboxylic acids is 1. The van der Waals surface area contributed by atoms with Crippen LogP contribution in [0.25, 0.3) is 11.1 Å². The van der Waals surface area contributed by atoms with Crippen molar-refractivity contribution >= 4 is 5.97 Å². The van der Waals surface area contributed by atoms with Gasteiger partial charge >= 0.3 is 5.97 Å². The summed E-state index contributed by atoms with van der Waals surface area (Å²) in [6.07, 6.45) is 3.17. The van der Waals surface area contributed by atoms with Crippen molar-refractivity contribution in [1.29, 1.82) is 0 Å². The Morgan fingerprint density at radius 2 is 1.27 bits per heavy atom. The lowest BCUT2D eigenvalue weighted by atomic mass is 10.0. The minimum absolute atomic E-state index is 0.332. The van der Waals surface area contributed by atoms with Gasteiger partial charge in [-0.25, -0.2) is 4.79 Å². The predicted molar refractivity (Wildman–Crippen MR) is 107 cm³/mol. The lowest BCUT2D eigenvalue weighted by Gasteiger charge is -2.07. The Kier molecular flexibility index (Phi) is 5.85. The fourth-order valence-electron chi connectivity index (χ4n) is 2.91. The van der Waals surface area contributed by atoms with Gasteiger partial charge in [0.1, 0.15) is 5.75 Å². The van der Waals surface area contributed by atoms with E-state index in [1.165, 1.54) is 11.1 Å². The molecule has 0 saturated heterocycles. The van der Waals surface area contributed by atoms with Crippen LogP contribution in [0.5, 0.6) is 5.75 Å². The first-order chi connectivity index (χ1) is 12.7. The van der Waals surface area contributed by atoms with Gasteiger partial charge in [0.05, 0.1) is 5.56 Å².